The van der Waals surface area contributed by atoms with Crippen LogP contribution in [0.3, 0.4) is 0 Å². The summed E-state index contributed by atoms with van der Waals surface area (Å²) in [6, 6.07) is 12.9. The summed E-state index contributed by atoms with van der Waals surface area (Å²) < 4.78 is 11.2. The average molecular weight is 353 g/mol. The smallest absolute Gasteiger partial charge is 0.129 e. The van der Waals surface area contributed by atoms with Gasteiger partial charge in [0.15, 0.2) is 0 Å². The molecule has 3 heterocycles. The SMILES string of the molecule is Cc1nc(NCC2(c3ccccc3)CCOCC2)cc([C@@H]2CCOC2)n1. The van der Waals surface area contributed by atoms with E-state index in [0.717, 1.165) is 69.6 Å². The topological polar surface area (TPSA) is 56.3 Å². The highest BCUT2D eigenvalue weighted by Crippen LogP contribution is 2.35. The predicted molar refractivity (Wildman–Crippen MR) is 102 cm³/mol. The highest BCUT2D eigenvalue weighted by Gasteiger charge is 2.34. The van der Waals surface area contributed by atoms with Crippen LogP contribution in [-0.4, -0.2) is 42.9 Å². The van der Waals surface area contributed by atoms with E-state index in [0.29, 0.717) is 5.92 Å². The first-order valence-corrected chi connectivity index (χ1v) is 9.56. The molecule has 138 valence electrons. The first-order valence-electron chi connectivity index (χ1n) is 9.56. The van der Waals surface area contributed by atoms with Gasteiger partial charge in [0.2, 0.25) is 0 Å². The van der Waals surface area contributed by atoms with E-state index in [-0.39, 0.29) is 5.41 Å². The second kappa shape index (κ2) is 7.72. The van der Waals surface area contributed by atoms with Crippen molar-refractivity contribution in [2.45, 2.75) is 37.5 Å². The average Bonchev–Trinajstić information content (AvgIpc) is 3.22. The zero-order chi connectivity index (χ0) is 17.8. The van der Waals surface area contributed by atoms with Gasteiger partial charge in [0.25, 0.3) is 0 Å². The zero-order valence-electron chi connectivity index (χ0n) is 15.4. The molecule has 4 rings (SSSR count). The number of hydrogen-bond donors (Lipinski definition) is 1. The van der Waals surface area contributed by atoms with Crippen LogP contribution in [0.4, 0.5) is 5.82 Å². The van der Waals surface area contributed by atoms with E-state index in [1.54, 1.807) is 0 Å². The number of ether oxygens (including phenoxy) is 2. The highest BCUT2D eigenvalue weighted by atomic mass is 16.5. The van der Waals surface area contributed by atoms with Crippen molar-refractivity contribution in [3.05, 3.63) is 53.5 Å². The molecule has 2 saturated heterocycles. The Hall–Kier alpha value is -1.98. The van der Waals surface area contributed by atoms with Crippen LogP contribution >= 0.6 is 0 Å². The Morgan fingerprint density at radius 2 is 1.88 bits per heavy atom. The van der Waals surface area contributed by atoms with Gasteiger partial charge in [-0.15, -0.1) is 0 Å². The molecular weight excluding hydrogens is 326 g/mol. The molecule has 2 aliphatic heterocycles. The molecule has 5 heteroatoms. The largest absolute Gasteiger partial charge is 0.381 e. The Morgan fingerprint density at radius 3 is 2.62 bits per heavy atom. The molecule has 1 aromatic carbocycles. The molecule has 0 aliphatic carbocycles. The fraction of sp³-hybridized carbons (Fsp3) is 0.524. The maximum Gasteiger partial charge on any atom is 0.129 e. The van der Waals surface area contributed by atoms with Crippen molar-refractivity contribution >= 4 is 5.82 Å². The van der Waals surface area contributed by atoms with E-state index in [1.807, 2.05) is 6.92 Å². The molecule has 0 amide bonds. The van der Waals surface area contributed by atoms with E-state index in [1.165, 1.54) is 5.56 Å². The Balaban J connectivity index is 1.54. The van der Waals surface area contributed by atoms with Crippen molar-refractivity contribution in [2.75, 3.05) is 38.3 Å². The molecule has 5 nitrogen and oxygen atoms in total. The van der Waals surface area contributed by atoms with Gasteiger partial charge in [-0.2, -0.15) is 0 Å². The fourth-order valence-electron chi connectivity index (χ4n) is 4.04. The van der Waals surface area contributed by atoms with Gasteiger partial charge in [-0.25, -0.2) is 9.97 Å². The predicted octanol–water partition coefficient (Wildman–Crippen LogP) is 3.45. The van der Waals surface area contributed by atoms with Crippen molar-refractivity contribution in [1.82, 2.24) is 9.97 Å². The quantitative estimate of drug-likeness (QED) is 0.892. The summed E-state index contributed by atoms with van der Waals surface area (Å²) in [5, 5.41) is 3.61. The second-order valence-electron chi connectivity index (χ2n) is 7.40. The van der Waals surface area contributed by atoms with E-state index < -0.39 is 0 Å². The number of aryl methyl sites for hydroxylation is 1. The lowest BCUT2D eigenvalue weighted by Crippen LogP contribution is -2.40. The molecule has 2 aromatic rings. The fourth-order valence-corrected chi connectivity index (χ4v) is 4.04. The number of nitrogens with zero attached hydrogens (tertiary/aromatic N) is 2. The van der Waals surface area contributed by atoms with Crippen LogP contribution in [0.15, 0.2) is 36.4 Å². The summed E-state index contributed by atoms with van der Waals surface area (Å²) in [4.78, 5) is 9.26. The molecule has 2 aliphatic rings. The monoisotopic (exact) mass is 353 g/mol. The summed E-state index contributed by atoms with van der Waals surface area (Å²) >= 11 is 0. The normalized spacial score (nSPS) is 22.3. The molecule has 2 fully saturated rings. The van der Waals surface area contributed by atoms with Crippen molar-refractivity contribution in [2.24, 2.45) is 0 Å². The third kappa shape index (κ3) is 3.74. The zero-order valence-corrected chi connectivity index (χ0v) is 15.4. The first kappa shape index (κ1) is 17.4. The van der Waals surface area contributed by atoms with Gasteiger partial charge < -0.3 is 14.8 Å². The first-order chi connectivity index (χ1) is 12.8. The van der Waals surface area contributed by atoms with Crippen molar-refractivity contribution in [3.8, 4) is 0 Å². The minimum absolute atomic E-state index is 0.0923. The van der Waals surface area contributed by atoms with Gasteiger partial charge in [0.1, 0.15) is 11.6 Å². The molecule has 1 aromatic heterocycles. The molecule has 0 radical (unpaired) electrons. The van der Waals surface area contributed by atoms with Crippen LogP contribution in [-0.2, 0) is 14.9 Å². The van der Waals surface area contributed by atoms with Crippen molar-refractivity contribution < 1.29 is 9.47 Å². The van der Waals surface area contributed by atoms with Crippen LogP contribution in [0.1, 0.15) is 42.3 Å². The number of aromatic nitrogens is 2. The summed E-state index contributed by atoms with van der Waals surface area (Å²) in [5.74, 6) is 2.13. The van der Waals surface area contributed by atoms with Gasteiger partial charge in [-0.3, -0.25) is 0 Å². The number of rotatable bonds is 5. The third-order valence-electron chi connectivity index (χ3n) is 5.65. The third-order valence-corrected chi connectivity index (χ3v) is 5.65. The summed E-state index contributed by atoms with van der Waals surface area (Å²) in [5.41, 5.74) is 2.57. The molecule has 26 heavy (non-hydrogen) atoms. The van der Waals surface area contributed by atoms with E-state index in [9.17, 15) is 0 Å². The Bertz CT molecular complexity index is 723. The summed E-state index contributed by atoms with van der Waals surface area (Å²) in [6.07, 6.45) is 3.09. The van der Waals surface area contributed by atoms with Gasteiger partial charge in [-0.1, -0.05) is 30.3 Å². The minimum Gasteiger partial charge on any atom is -0.381 e. The number of nitrogens with one attached hydrogen (secondary N) is 1. The molecule has 0 spiro atoms. The number of anilines is 1. The lowest BCUT2D eigenvalue weighted by Gasteiger charge is -2.38. The van der Waals surface area contributed by atoms with Gasteiger partial charge >= 0.3 is 0 Å². The Morgan fingerprint density at radius 1 is 1.08 bits per heavy atom. The number of hydrogen-bond acceptors (Lipinski definition) is 5. The molecular formula is C21H27N3O2. The van der Waals surface area contributed by atoms with Gasteiger partial charge in [0.05, 0.1) is 12.3 Å². The summed E-state index contributed by atoms with van der Waals surface area (Å²) in [7, 11) is 0. The molecule has 0 bridgehead atoms. The number of benzene rings is 1. The van der Waals surface area contributed by atoms with Crippen LogP contribution in [0.25, 0.3) is 0 Å². The van der Waals surface area contributed by atoms with Crippen molar-refractivity contribution in [3.63, 3.8) is 0 Å². The maximum atomic E-state index is 5.64. The van der Waals surface area contributed by atoms with Crippen LogP contribution < -0.4 is 5.32 Å². The van der Waals surface area contributed by atoms with Crippen LogP contribution in [0, 0.1) is 6.92 Å². The van der Waals surface area contributed by atoms with Gasteiger partial charge in [0, 0.05) is 43.8 Å². The van der Waals surface area contributed by atoms with Gasteiger partial charge in [-0.05, 0) is 31.7 Å². The molecule has 0 saturated carbocycles. The maximum absolute atomic E-state index is 5.64. The van der Waals surface area contributed by atoms with Crippen LogP contribution in [0.2, 0.25) is 0 Å². The van der Waals surface area contributed by atoms with Crippen LogP contribution in [0.5, 0.6) is 0 Å². The van der Waals surface area contributed by atoms with E-state index in [4.69, 9.17) is 9.47 Å². The molecule has 0 unspecified atom stereocenters. The summed E-state index contributed by atoms with van der Waals surface area (Å²) in [6.45, 7) is 6.03. The lowest BCUT2D eigenvalue weighted by molar-refractivity contribution is 0.0543. The highest BCUT2D eigenvalue weighted by molar-refractivity contribution is 5.39. The van der Waals surface area contributed by atoms with E-state index >= 15 is 0 Å². The van der Waals surface area contributed by atoms with Crippen molar-refractivity contribution in [1.29, 1.82) is 0 Å². The van der Waals surface area contributed by atoms with E-state index in [2.05, 4.69) is 51.7 Å². The standard InChI is InChI=1S/C21H27N3O2/c1-16-23-19(17-7-10-26-14-17)13-20(24-16)22-15-21(8-11-25-12-9-21)18-5-3-2-4-6-18/h2-6,13,17H,7-12,14-15H2,1H3,(H,22,23,24)/t17-/m1/s1. The lowest BCUT2D eigenvalue weighted by atomic mass is 9.74. The minimum atomic E-state index is 0.0923. The molecule has 1 atom stereocenters. The molecule has 1 N–H and O–H groups in total. The Labute approximate surface area is 155 Å². The Kier molecular flexibility index (Phi) is 5.18. The second-order valence-corrected chi connectivity index (χ2v) is 7.40.